The molecule has 0 aromatic heterocycles. The number of halogens is 1. The number of hydrogen-bond acceptors (Lipinski definition) is 3. The van der Waals surface area contributed by atoms with Crippen LogP contribution in [0.25, 0.3) is 5.76 Å². The van der Waals surface area contributed by atoms with Gasteiger partial charge in [-0.05, 0) is 44.9 Å². The van der Waals surface area contributed by atoms with Gasteiger partial charge in [0.05, 0.1) is 24.6 Å². The van der Waals surface area contributed by atoms with Gasteiger partial charge in [-0.25, -0.2) is 0 Å². The smallest absolute Gasteiger partial charge is 0.234 e. The zero-order chi connectivity index (χ0) is 26.2. The van der Waals surface area contributed by atoms with Crippen LogP contribution >= 0.6 is 7.26 Å². The summed E-state index contributed by atoms with van der Waals surface area (Å²) in [6.45, 7) is 7.04. The van der Waals surface area contributed by atoms with Gasteiger partial charge in [-0.3, -0.25) is 9.59 Å². The molecule has 0 saturated heterocycles. The summed E-state index contributed by atoms with van der Waals surface area (Å²) in [7, 11) is -0.741. The number of aliphatic hydroxyl groups is 1. The van der Waals surface area contributed by atoms with Crippen molar-refractivity contribution in [3.63, 3.8) is 0 Å². The first kappa shape index (κ1) is 34.0. The predicted molar refractivity (Wildman–Crippen MR) is 158 cm³/mol. The Kier molecular flexibility index (Phi) is 17.6. The van der Waals surface area contributed by atoms with Gasteiger partial charge in [-0.1, -0.05) is 96.4 Å². The summed E-state index contributed by atoms with van der Waals surface area (Å²) in [5, 5.41) is 10.5. The highest BCUT2D eigenvalue weighted by atomic mass is 79.9. The molecule has 2 rings (SSSR count). The van der Waals surface area contributed by atoms with E-state index in [1.54, 1.807) is 24.3 Å². The molecule has 0 aliphatic heterocycles. The first-order valence-electron chi connectivity index (χ1n) is 14.9. The lowest BCUT2D eigenvalue weighted by atomic mass is 9.86. The van der Waals surface area contributed by atoms with Crippen LogP contribution in [0.3, 0.4) is 0 Å². The summed E-state index contributed by atoms with van der Waals surface area (Å²) in [4.78, 5) is 24.8. The van der Waals surface area contributed by atoms with Crippen molar-refractivity contribution in [2.75, 3.05) is 24.6 Å². The summed E-state index contributed by atoms with van der Waals surface area (Å²) in [5.41, 5.74) is 1.13. The summed E-state index contributed by atoms with van der Waals surface area (Å²) < 4.78 is 0. The molecule has 1 aliphatic carbocycles. The Bertz CT molecular complexity index is 826. The summed E-state index contributed by atoms with van der Waals surface area (Å²) in [6.07, 6.45) is 24.7. The van der Waals surface area contributed by atoms with Gasteiger partial charge in [-0.2, -0.15) is 0 Å². The molecule has 1 aliphatic rings. The molecule has 210 valence electrons. The maximum absolute atomic E-state index is 12.4. The van der Waals surface area contributed by atoms with Crippen LogP contribution in [0.15, 0.2) is 29.8 Å². The molecule has 3 nitrogen and oxygen atoms in total. The molecule has 0 spiro atoms. The maximum atomic E-state index is 12.4. The highest BCUT2D eigenvalue weighted by molar-refractivity contribution is 7.75. The van der Waals surface area contributed by atoms with Crippen LogP contribution in [0, 0.1) is 0 Å². The fraction of sp³-hybridized carbons (Fsp3) is 0.688. The normalized spacial score (nSPS) is 13.6. The third-order valence-electron chi connectivity index (χ3n) is 7.96. The maximum Gasteiger partial charge on any atom is 0.234 e. The number of fused-ring (bicyclic) bond motifs is 1. The van der Waals surface area contributed by atoms with Gasteiger partial charge < -0.3 is 22.1 Å². The highest BCUT2D eigenvalue weighted by Gasteiger charge is 2.34. The molecular formula is C32H52BrO3P. The summed E-state index contributed by atoms with van der Waals surface area (Å²) in [6, 6.07) is 6.86. The fourth-order valence-electron chi connectivity index (χ4n) is 5.61. The van der Waals surface area contributed by atoms with Crippen LogP contribution < -0.4 is 17.0 Å². The van der Waals surface area contributed by atoms with E-state index in [4.69, 9.17) is 0 Å². The predicted octanol–water partition coefficient (Wildman–Crippen LogP) is 6.65. The second-order valence-electron chi connectivity index (χ2n) is 10.9. The molecule has 1 aromatic carbocycles. The minimum Gasteiger partial charge on any atom is -1.00 e. The largest absolute Gasteiger partial charge is 1.00 e. The highest BCUT2D eigenvalue weighted by Crippen LogP contribution is 2.61. The molecule has 1 aromatic rings. The van der Waals surface area contributed by atoms with E-state index in [0.717, 1.165) is 19.3 Å². The SMILES string of the molecule is CCCC[P+](CCCC)(CCCC)CCCCCCCCCCC1=C(O)c2ccccc2C(=O)C1=O.[Br-]. The van der Waals surface area contributed by atoms with E-state index in [0.29, 0.717) is 23.1 Å². The number of hydrogen-bond donors (Lipinski definition) is 1. The van der Waals surface area contributed by atoms with Crippen LogP contribution in [0.2, 0.25) is 0 Å². The van der Waals surface area contributed by atoms with Crippen molar-refractivity contribution >= 4 is 24.6 Å². The van der Waals surface area contributed by atoms with Gasteiger partial charge in [-0.15, -0.1) is 0 Å². The molecule has 0 atom stereocenters. The zero-order valence-corrected chi connectivity index (χ0v) is 26.3. The fourth-order valence-corrected chi connectivity index (χ4v) is 10.8. The van der Waals surface area contributed by atoms with Crippen molar-refractivity contribution in [3.8, 4) is 0 Å². The number of rotatable bonds is 20. The standard InChI is InChI=1S/C32H51O3P.BrH/c1-4-7-23-36(24-8-5-2,25-9-6-3)26-19-15-13-11-10-12-14-16-22-29-30(33)27-20-17-18-21-28(27)31(34)32(29)35;/h17-18,20-21H,4-16,19,22-26H2,1-3H3;1H. The van der Waals surface area contributed by atoms with Crippen molar-refractivity contribution in [2.45, 2.75) is 117 Å². The molecule has 0 amide bonds. The molecule has 37 heavy (non-hydrogen) atoms. The van der Waals surface area contributed by atoms with Crippen LogP contribution in [-0.4, -0.2) is 41.3 Å². The second kappa shape index (κ2) is 19.1. The molecule has 0 saturated carbocycles. The van der Waals surface area contributed by atoms with E-state index in [1.165, 1.54) is 95.3 Å². The van der Waals surface area contributed by atoms with Gasteiger partial charge in [0.15, 0.2) is 0 Å². The van der Waals surface area contributed by atoms with Gasteiger partial charge in [0, 0.05) is 24.0 Å². The van der Waals surface area contributed by atoms with Gasteiger partial charge in [0.2, 0.25) is 11.6 Å². The third kappa shape index (κ3) is 11.0. The van der Waals surface area contributed by atoms with E-state index in [2.05, 4.69) is 20.8 Å². The van der Waals surface area contributed by atoms with E-state index in [1.807, 2.05) is 0 Å². The minimum atomic E-state index is -0.741. The average Bonchev–Trinajstić information content (AvgIpc) is 2.90. The van der Waals surface area contributed by atoms with E-state index in [-0.39, 0.29) is 22.7 Å². The Labute approximate surface area is 238 Å². The van der Waals surface area contributed by atoms with Gasteiger partial charge in [0.1, 0.15) is 5.76 Å². The first-order valence-corrected chi connectivity index (χ1v) is 17.5. The minimum absolute atomic E-state index is 0. The molecule has 0 heterocycles. The van der Waals surface area contributed by atoms with Crippen LogP contribution in [0.4, 0.5) is 0 Å². The van der Waals surface area contributed by atoms with Gasteiger partial charge >= 0.3 is 0 Å². The lowest BCUT2D eigenvalue weighted by Crippen LogP contribution is -3.00. The van der Waals surface area contributed by atoms with Crippen molar-refractivity contribution in [1.82, 2.24) is 0 Å². The van der Waals surface area contributed by atoms with E-state index in [9.17, 15) is 14.7 Å². The van der Waals surface area contributed by atoms with Crippen molar-refractivity contribution in [1.29, 1.82) is 0 Å². The number of carbonyl (C=O) groups is 2. The number of carbonyl (C=O) groups excluding carboxylic acids is 2. The Morgan fingerprint density at radius 3 is 1.54 bits per heavy atom. The Morgan fingerprint density at radius 2 is 1.03 bits per heavy atom. The molecular weight excluding hydrogens is 543 g/mol. The first-order chi connectivity index (χ1) is 17.5. The van der Waals surface area contributed by atoms with Crippen molar-refractivity contribution in [2.24, 2.45) is 0 Å². The average molecular weight is 596 g/mol. The number of Topliss-reactive ketones (excluding diaryl/α,β-unsaturated/α-hetero) is 2. The third-order valence-corrected chi connectivity index (χ3v) is 13.0. The molecule has 1 N–H and O–H groups in total. The van der Waals surface area contributed by atoms with Crippen LogP contribution in [0.1, 0.15) is 133 Å². The molecule has 0 unspecified atom stereocenters. The van der Waals surface area contributed by atoms with Crippen molar-refractivity contribution < 1.29 is 31.7 Å². The molecule has 0 radical (unpaired) electrons. The Morgan fingerprint density at radius 1 is 0.595 bits per heavy atom. The zero-order valence-electron chi connectivity index (χ0n) is 23.8. The van der Waals surface area contributed by atoms with Gasteiger partial charge in [0.25, 0.3) is 0 Å². The van der Waals surface area contributed by atoms with Crippen LogP contribution in [0.5, 0.6) is 0 Å². The Hall–Kier alpha value is -0.990. The molecule has 0 bridgehead atoms. The summed E-state index contributed by atoms with van der Waals surface area (Å²) in [5.74, 6) is -1.00. The molecule has 0 fully saturated rings. The quantitative estimate of drug-likeness (QED) is 0.104. The number of benzene rings is 1. The lowest BCUT2D eigenvalue weighted by molar-refractivity contribution is -0.112. The number of aliphatic hydroxyl groups excluding tert-OH is 1. The van der Waals surface area contributed by atoms with E-state index >= 15 is 0 Å². The monoisotopic (exact) mass is 594 g/mol. The topological polar surface area (TPSA) is 54.4 Å². The number of allylic oxidation sites excluding steroid dienone is 1. The van der Waals surface area contributed by atoms with Crippen molar-refractivity contribution in [3.05, 3.63) is 41.0 Å². The lowest BCUT2D eigenvalue weighted by Gasteiger charge is -2.28. The van der Waals surface area contributed by atoms with Crippen LogP contribution in [-0.2, 0) is 4.79 Å². The summed E-state index contributed by atoms with van der Waals surface area (Å²) >= 11 is 0. The number of ketones is 2. The number of unbranched alkanes of at least 4 members (excludes halogenated alkanes) is 10. The second-order valence-corrected chi connectivity index (χ2v) is 15.4. The molecule has 5 heteroatoms. The van der Waals surface area contributed by atoms with E-state index < -0.39 is 18.8 Å². The Balaban J connectivity index is 0.00000684.